The number of ketones is 1. The van der Waals surface area contributed by atoms with Crippen LogP contribution in [0.5, 0.6) is 0 Å². The van der Waals surface area contributed by atoms with Gasteiger partial charge in [-0.05, 0) is 42.0 Å². The van der Waals surface area contributed by atoms with Crippen LogP contribution in [0.1, 0.15) is 26.3 Å². The first-order chi connectivity index (χ1) is 15.0. The van der Waals surface area contributed by atoms with E-state index in [-0.39, 0.29) is 37.7 Å². The predicted octanol–water partition coefficient (Wildman–Crippen LogP) is 6.52. The lowest BCUT2D eigenvalue weighted by atomic mass is 10.0. The molecule has 1 N–H and O–H groups in total. The van der Waals surface area contributed by atoms with Crippen molar-refractivity contribution in [3.63, 3.8) is 0 Å². The fourth-order valence-corrected chi connectivity index (χ4v) is 3.21. The van der Waals surface area contributed by atoms with Crippen LogP contribution in [-0.2, 0) is 0 Å². The quantitative estimate of drug-likeness (QED) is 0.320. The van der Waals surface area contributed by atoms with Gasteiger partial charge < -0.3 is 0 Å². The minimum Gasteiger partial charge on any atom is -0.290 e. The summed E-state index contributed by atoms with van der Waals surface area (Å²) in [5.74, 6) is -1.48. The first-order valence-corrected chi connectivity index (χ1v) is 9.85. The second kappa shape index (κ2) is 9.68. The molecule has 1 amide bonds. The Morgan fingerprint density at radius 2 is 1.34 bits per heavy atom. The molecule has 0 radical (unpaired) electrons. The SMILES string of the molecule is O=C(/C=C(\c1cc(Cl)cc(Cl)c1)C(F)(F)F)c1ccc(C(=O)Nc2ncc(Cl)cn2)cc1. The molecule has 0 saturated heterocycles. The summed E-state index contributed by atoms with van der Waals surface area (Å²) in [6, 6.07) is 8.44. The van der Waals surface area contributed by atoms with Crippen LogP contribution in [0.3, 0.4) is 0 Å². The van der Waals surface area contributed by atoms with Crippen molar-refractivity contribution in [1.82, 2.24) is 9.97 Å². The summed E-state index contributed by atoms with van der Waals surface area (Å²) in [6.07, 6.45) is -1.78. The van der Waals surface area contributed by atoms with Gasteiger partial charge in [-0.15, -0.1) is 0 Å². The lowest BCUT2D eigenvalue weighted by Crippen LogP contribution is -2.14. The van der Waals surface area contributed by atoms with Crippen LogP contribution in [0.2, 0.25) is 15.1 Å². The molecule has 164 valence electrons. The van der Waals surface area contributed by atoms with Gasteiger partial charge in [-0.2, -0.15) is 13.2 Å². The van der Waals surface area contributed by atoms with Crippen molar-refractivity contribution in [3.8, 4) is 0 Å². The summed E-state index contributed by atoms with van der Waals surface area (Å²) in [5.41, 5.74) is -1.46. The highest BCUT2D eigenvalue weighted by Gasteiger charge is 2.35. The summed E-state index contributed by atoms with van der Waals surface area (Å²) in [5, 5.41) is 2.71. The van der Waals surface area contributed by atoms with E-state index in [4.69, 9.17) is 34.8 Å². The summed E-state index contributed by atoms with van der Waals surface area (Å²) >= 11 is 17.3. The highest BCUT2D eigenvalue weighted by molar-refractivity contribution is 6.35. The Morgan fingerprint density at radius 3 is 1.88 bits per heavy atom. The number of anilines is 1. The van der Waals surface area contributed by atoms with E-state index in [1.54, 1.807) is 0 Å². The lowest BCUT2D eigenvalue weighted by molar-refractivity contribution is -0.0689. The monoisotopic (exact) mass is 499 g/mol. The maximum absolute atomic E-state index is 13.6. The Kier molecular flexibility index (Phi) is 7.18. The maximum atomic E-state index is 13.6. The number of carbonyl (C=O) groups is 2. The Morgan fingerprint density at radius 1 is 0.812 bits per heavy atom. The minimum atomic E-state index is -4.83. The normalized spacial score (nSPS) is 11.9. The van der Waals surface area contributed by atoms with Gasteiger partial charge in [-0.25, -0.2) is 9.97 Å². The predicted molar refractivity (Wildman–Crippen MR) is 116 cm³/mol. The zero-order valence-corrected chi connectivity index (χ0v) is 18.0. The smallest absolute Gasteiger partial charge is 0.290 e. The van der Waals surface area contributed by atoms with Crippen molar-refractivity contribution >= 4 is 58.0 Å². The number of amides is 1. The number of hydrogen-bond donors (Lipinski definition) is 1. The summed E-state index contributed by atoms with van der Waals surface area (Å²) < 4.78 is 40.7. The average Bonchev–Trinajstić information content (AvgIpc) is 2.72. The Bertz CT molecular complexity index is 1180. The topological polar surface area (TPSA) is 72.0 Å². The van der Waals surface area contributed by atoms with Gasteiger partial charge in [0.25, 0.3) is 5.91 Å². The lowest BCUT2D eigenvalue weighted by Gasteiger charge is -2.13. The molecule has 0 saturated carbocycles. The highest BCUT2D eigenvalue weighted by Crippen LogP contribution is 2.36. The number of hydrogen-bond acceptors (Lipinski definition) is 4. The molecule has 0 unspecified atom stereocenters. The van der Waals surface area contributed by atoms with Gasteiger partial charge in [0.2, 0.25) is 5.95 Å². The van der Waals surface area contributed by atoms with E-state index in [1.807, 2.05) is 0 Å². The van der Waals surface area contributed by atoms with E-state index in [2.05, 4.69) is 15.3 Å². The number of rotatable bonds is 5. The number of carbonyl (C=O) groups excluding carboxylic acids is 2. The van der Waals surface area contributed by atoms with Crippen molar-refractivity contribution in [1.29, 1.82) is 0 Å². The first-order valence-electron chi connectivity index (χ1n) is 8.71. The van der Waals surface area contributed by atoms with E-state index in [0.29, 0.717) is 6.08 Å². The van der Waals surface area contributed by atoms with Gasteiger partial charge >= 0.3 is 6.18 Å². The van der Waals surface area contributed by atoms with Crippen LogP contribution >= 0.6 is 34.8 Å². The highest BCUT2D eigenvalue weighted by atomic mass is 35.5. The van der Waals surface area contributed by atoms with Crippen LogP contribution in [0, 0.1) is 0 Å². The fourth-order valence-electron chi connectivity index (χ4n) is 2.59. The Hall–Kier alpha value is -2.94. The van der Waals surface area contributed by atoms with Gasteiger partial charge in [0.15, 0.2) is 5.78 Å². The van der Waals surface area contributed by atoms with Crippen LogP contribution < -0.4 is 5.32 Å². The van der Waals surface area contributed by atoms with E-state index in [9.17, 15) is 22.8 Å². The molecule has 0 spiro atoms. The average molecular weight is 501 g/mol. The number of benzene rings is 2. The van der Waals surface area contributed by atoms with E-state index in [1.165, 1.54) is 42.7 Å². The summed E-state index contributed by atoms with van der Waals surface area (Å²) in [7, 11) is 0. The molecule has 11 heteroatoms. The molecule has 0 aliphatic carbocycles. The molecule has 5 nitrogen and oxygen atoms in total. The number of nitrogens with zero attached hydrogens (tertiary/aromatic N) is 2. The van der Waals surface area contributed by atoms with Crippen molar-refractivity contribution in [2.24, 2.45) is 0 Å². The van der Waals surface area contributed by atoms with Gasteiger partial charge in [0, 0.05) is 21.2 Å². The zero-order valence-electron chi connectivity index (χ0n) is 15.8. The number of nitrogens with one attached hydrogen (secondary N) is 1. The molecule has 3 rings (SSSR count). The number of halogens is 6. The van der Waals surface area contributed by atoms with E-state index in [0.717, 1.165) is 12.1 Å². The molecule has 1 aromatic heterocycles. The molecule has 1 heterocycles. The number of allylic oxidation sites excluding steroid dienone is 2. The summed E-state index contributed by atoms with van der Waals surface area (Å²) in [6.45, 7) is 0. The van der Waals surface area contributed by atoms with Crippen LogP contribution in [0.4, 0.5) is 19.1 Å². The zero-order chi connectivity index (χ0) is 23.5. The van der Waals surface area contributed by atoms with Crippen LogP contribution in [0.15, 0.2) is 60.9 Å². The third-order valence-corrected chi connectivity index (χ3v) is 4.66. The molecule has 3 aromatic rings. The van der Waals surface area contributed by atoms with E-state index < -0.39 is 23.4 Å². The fraction of sp³-hybridized carbons (Fsp3) is 0.0476. The Labute approximate surface area is 194 Å². The standard InChI is InChI=1S/C21H11Cl3F3N3O2/c22-14-5-13(6-15(23)7-14)17(21(25,26)27)8-18(31)11-1-3-12(4-2-11)19(32)30-20-28-9-16(24)10-29-20/h1-10H,(H,28,29,30,32)/b17-8+. The maximum Gasteiger partial charge on any atom is 0.417 e. The molecule has 0 atom stereocenters. The third-order valence-electron chi connectivity index (χ3n) is 4.03. The van der Waals surface area contributed by atoms with Gasteiger partial charge in [0.05, 0.1) is 23.0 Å². The molecule has 0 bridgehead atoms. The molecule has 0 aliphatic rings. The van der Waals surface area contributed by atoms with Gasteiger partial charge in [-0.1, -0.05) is 46.9 Å². The number of aromatic nitrogens is 2. The van der Waals surface area contributed by atoms with Gasteiger partial charge in [-0.3, -0.25) is 14.9 Å². The Balaban J connectivity index is 1.83. The third kappa shape index (κ3) is 6.06. The van der Waals surface area contributed by atoms with Crippen molar-refractivity contribution in [2.45, 2.75) is 6.18 Å². The van der Waals surface area contributed by atoms with Crippen molar-refractivity contribution < 1.29 is 22.8 Å². The molecule has 0 fully saturated rings. The molecule has 32 heavy (non-hydrogen) atoms. The number of alkyl halides is 3. The van der Waals surface area contributed by atoms with Crippen LogP contribution in [-0.4, -0.2) is 27.8 Å². The minimum absolute atomic E-state index is 0.00451. The molecule has 2 aromatic carbocycles. The second-order valence-corrected chi connectivity index (χ2v) is 7.64. The first kappa shape index (κ1) is 23.7. The van der Waals surface area contributed by atoms with Crippen molar-refractivity contribution in [2.75, 3.05) is 5.32 Å². The molecular weight excluding hydrogens is 490 g/mol. The van der Waals surface area contributed by atoms with Crippen LogP contribution in [0.25, 0.3) is 5.57 Å². The van der Waals surface area contributed by atoms with Crippen molar-refractivity contribution in [3.05, 3.63) is 92.7 Å². The molecule has 0 aliphatic heterocycles. The molecular formula is C21H11Cl3F3N3O2. The second-order valence-electron chi connectivity index (χ2n) is 6.33. The largest absolute Gasteiger partial charge is 0.417 e. The van der Waals surface area contributed by atoms with Gasteiger partial charge in [0.1, 0.15) is 0 Å². The van der Waals surface area contributed by atoms with E-state index >= 15 is 0 Å². The summed E-state index contributed by atoms with van der Waals surface area (Å²) in [4.78, 5) is 32.4.